The van der Waals surface area contributed by atoms with Gasteiger partial charge in [-0.15, -0.1) is 0 Å². The van der Waals surface area contributed by atoms with Crippen molar-refractivity contribution < 1.29 is 37.7 Å². The van der Waals surface area contributed by atoms with Crippen LogP contribution in [0.3, 0.4) is 0 Å². The van der Waals surface area contributed by atoms with Crippen LogP contribution >= 0.6 is 0 Å². The normalized spacial score (nSPS) is 24.5. The summed E-state index contributed by atoms with van der Waals surface area (Å²) < 4.78 is 48.3. The summed E-state index contributed by atoms with van der Waals surface area (Å²) in [6, 6.07) is 4.53. The molecular weight excluding hydrogens is 437 g/mol. The Morgan fingerprint density at radius 1 is 1.30 bits per heavy atom. The van der Waals surface area contributed by atoms with Gasteiger partial charge in [0.15, 0.2) is 0 Å². The van der Waals surface area contributed by atoms with E-state index in [-0.39, 0.29) is 36.1 Å². The summed E-state index contributed by atoms with van der Waals surface area (Å²) in [4.78, 5) is 11.1. The molecule has 184 valence electrons. The number of allylic oxidation sites excluding steroid dienone is 3. The molecule has 33 heavy (non-hydrogen) atoms. The molecule has 0 radical (unpaired) electrons. The van der Waals surface area contributed by atoms with E-state index in [0.29, 0.717) is 25.7 Å². The van der Waals surface area contributed by atoms with E-state index in [1.165, 1.54) is 19.2 Å². The van der Waals surface area contributed by atoms with Crippen LogP contribution in [-0.4, -0.2) is 42.1 Å². The highest BCUT2D eigenvalue weighted by atomic mass is 19.4. The third-order valence-corrected chi connectivity index (χ3v) is 5.95. The number of hydrogen-bond donors (Lipinski definition) is 2. The topological polar surface area (TPSA) is 76.0 Å². The summed E-state index contributed by atoms with van der Waals surface area (Å²) in [5, 5.41) is 20.7. The molecule has 1 aromatic rings. The number of unbranched alkanes of at least 4 members (excludes halogenated alkanes) is 1. The molecule has 0 saturated heterocycles. The molecule has 0 amide bonds. The first kappa shape index (κ1) is 26.9. The van der Waals surface area contributed by atoms with Crippen molar-refractivity contribution >= 4 is 5.97 Å². The minimum Gasteiger partial charge on any atom is -0.491 e. The van der Waals surface area contributed by atoms with Crippen LogP contribution < -0.4 is 4.74 Å². The lowest BCUT2D eigenvalue weighted by Crippen LogP contribution is -2.20. The maximum Gasteiger partial charge on any atom is 0.416 e. The third-order valence-electron chi connectivity index (χ3n) is 5.95. The first-order valence-electron chi connectivity index (χ1n) is 11.2. The van der Waals surface area contributed by atoms with Gasteiger partial charge in [0.2, 0.25) is 0 Å². The largest absolute Gasteiger partial charge is 0.491 e. The number of halogens is 3. The van der Waals surface area contributed by atoms with Crippen molar-refractivity contribution in [2.75, 3.05) is 13.7 Å². The SMILES string of the molecule is COC(=O)CCC/C=C\C[C@@H]1[C@@H](/C=C/[C@@H](O)COc2cccc(C(F)(F)F)c2)[C@H](C)C[C@@H]1O. The van der Waals surface area contributed by atoms with Crippen LogP contribution in [0.5, 0.6) is 5.75 Å². The van der Waals surface area contributed by atoms with Crippen LogP contribution in [-0.2, 0) is 15.7 Å². The molecule has 0 aromatic heterocycles. The van der Waals surface area contributed by atoms with Crippen LogP contribution in [0.15, 0.2) is 48.6 Å². The fraction of sp³-hybridized carbons (Fsp3) is 0.560. The van der Waals surface area contributed by atoms with E-state index in [0.717, 1.165) is 18.6 Å². The molecule has 0 heterocycles. The Morgan fingerprint density at radius 2 is 2.06 bits per heavy atom. The Labute approximate surface area is 192 Å². The average molecular weight is 471 g/mol. The molecule has 5 atom stereocenters. The smallest absolute Gasteiger partial charge is 0.416 e. The van der Waals surface area contributed by atoms with Gasteiger partial charge in [0, 0.05) is 6.42 Å². The first-order chi connectivity index (χ1) is 15.6. The second-order valence-electron chi connectivity index (χ2n) is 8.49. The van der Waals surface area contributed by atoms with Gasteiger partial charge in [-0.2, -0.15) is 13.2 Å². The van der Waals surface area contributed by atoms with Gasteiger partial charge >= 0.3 is 12.1 Å². The summed E-state index contributed by atoms with van der Waals surface area (Å²) in [7, 11) is 1.36. The van der Waals surface area contributed by atoms with Crippen molar-refractivity contribution in [3.8, 4) is 5.75 Å². The Bertz CT molecular complexity index is 805. The van der Waals surface area contributed by atoms with Gasteiger partial charge in [0.1, 0.15) is 18.5 Å². The monoisotopic (exact) mass is 470 g/mol. The summed E-state index contributed by atoms with van der Waals surface area (Å²) in [5.41, 5.74) is -0.806. The fourth-order valence-electron chi connectivity index (χ4n) is 4.13. The van der Waals surface area contributed by atoms with E-state index in [2.05, 4.69) is 4.74 Å². The number of carbonyl (C=O) groups excluding carboxylic acids is 1. The van der Waals surface area contributed by atoms with E-state index in [1.807, 2.05) is 25.2 Å². The zero-order valence-corrected chi connectivity index (χ0v) is 19.0. The van der Waals surface area contributed by atoms with Gasteiger partial charge in [-0.25, -0.2) is 0 Å². The molecular formula is C25H33F3O5. The minimum absolute atomic E-state index is 0.00434. The predicted octanol–water partition coefficient (Wildman–Crippen LogP) is 4.92. The number of ether oxygens (including phenoxy) is 2. The summed E-state index contributed by atoms with van der Waals surface area (Å²) in [6.45, 7) is 1.87. The molecule has 0 aliphatic heterocycles. The number of esters is 1. The second kappa shape index (κ2) is 12.8. The number of carbonyl (C=O) groups is 1. The lowest BCUT2D eigenvalue weighted by molar-refractivity contribution is -0.140. The highest BCUT2D eigenvalue weighted by Crippen LogP contribution is 2.40. The second-order valence-corrected chi connectivity index (χ2v) is 8.49. The Morgan fingerprint density at radius 3 is 2.76 bits per heavy atom. The van der Waals surface area contributed by atoms with Crippen molar-refractivity contribution in [1.82, 2.24) is 0 Å². The van der Waals surface area contributed by atoms with Crippen LogP contribution in [0.2, 0.25) is 0 Å². The van der Waals surface area contributed by atoms with E-state index in [4.69, 9.17) is 4.74 Å². The maximum absolute atomic E-state index is 12.8. The van der Waals surface area contributed by atoms with Crippen molar-refractivity contribution in [3.63, 3.8) is 0 Å². The van der Waals surface area contributed by atoms with Crippen molar-refractivity contribution in [2.45, 2.75) is 57.4 Å². The van der Waals surface area contributed by atoms with Crippen molar-refractivity contribution in [1.29, 1.82) is 0 Å². The van der Waals surface area contributed by atoms with Gasteiger partial charge in [-0.3, -0.25) is 4.79 Å². The Hall–Kier alpha value is -2.32. The molecule has 0 spiro atoms. The first-order valence-corrected chi connectivity index (χ1v) is 11.2. The molecule has 1 saturated carbocycles. The molecule has 1 aliphatic rings. The minimum atomic E-state index is -4.46. The summed E-state index contributed by atoms with van der Waals surface area (Å²) in [6.07, 6.45) is 4.73. The zero-order valence-electron chi connectivity index (χ0n) is 19.0. The standard InChI is InChI=1S/C25H33F3O5/c1-17-14-23(30)22(10-5-3-4-6-11-24(31)32-2)21(17)13-12-19(29)16-33-20-9-7-8-18(15-20)25(26,27)28/h3,5,7-9,12-13,15,17,19,21-23,29-30H,4,6,10-11,14,16H2,1-2H3/b5-3-,13-12+/t17-,19-,21+,22-,23+/m1/s1. The molecule has 5 nitrogen and oxygen atoms in total. The van der Waals surface area contributed by atoms with Crippen LogP contribution in [0.1, 0.15) is 44.6 Å². The van der Waals surface area contributed by atoms with E-state index >= 15 is 0 Å². The van der Waals surface area contributed by atoms with E-state index < -0.39 is 23.9 Å². The number of aliphatic hydroxyl groups excluding tert-OH is 2. The predicted molar refractivity (Wildman–Crippen MR) is 118 cm³/mol. The van der Waals surface area contributed by atoms with Crippen molar-refractivity contribution in [3.05, 3.63) is 54.1 Å². The molecule has 1 fully saturated rings. The highest BCUT2D eigenvalue weighted by Gasteiger charge is 2.37. The van der Waals surface area contributed by atoms with Crippen LogP contribution in [0, 0.1) is 17.8 Å². The van der Waals surface area contributed by atoms with Gasteiger partial charge < -0.3 is 19.7 Å². The lowest BCUT2D eigenvalue weighted by atomic mass is 9.87. The van der Waals surface area contributed by atoms with E-state index in [1.54, 1.807) is 6.08 Å². The van der Waals surface area contributed by atoms with Gasteiger partial charge in [0.05, 0.1) is 18.8 Å². The fourth-order valence-corrected chi connectivity index (χ4v) is 4.13. The molecule has 0 unspecified atom stereocenters. The third kappa shape index (κ3) is 8.85. The maximum atomic E-state index is 12.8. The Kier molecular flexibility index (Phi) is 10.4. The van der Waals surface area contributed by atoms with E-state index in [9.17, 15) is 28.2 Å². The number of hydrogen-bond acceptors (Lipinski definition) is 5. The number of methoxy groups -OCH3 is 1. The molecule has 2 N–H and O–H groups in total. The molecule has 1 aliphatic carbocycles. The van der Waals surface area contributed by atoms with Crippen molar-refractivity contribution in [2.24, 2.45) is 17.8 Å². The molecule has 0 bridgehead atoms. The lowest BCUT2D eigenvalue weighted by Gasteiger charge is -2.20. The average Bonchev–Trinajstić information content (AvgIpc) is 3.04. The Balaban J connectivity index is 1.86. The number of benzene rings is 1. The van der Waals surface area contributed by atoms with Gasteiger partial charge in [0.25, 0.3) is 0 Å². The number of aliphatic hydroxyl groups is 2. The molecule has 1 aromatic carbocycles. The quantitative estimate of drug-likeness (QED) is 0.273. The number of alkyl halides is 3. The summed E-state index contributed by atoms with van der Waals surface area (Å²) >= 11 is 0. The summed E-state index contributed by atoms with van der Waals surface area (Å²) in [5.74, 6) is 0.0968. The highest BCUT2D eigenvalue weighted by molar-refractivity contribution is 5.69. The van der Waals surface area contributed by atoms with Crippen LogP contribution in [0.25, 0.3) is 0 Å². The molecule has 2 rings (SSSR count). The molecule has 8 heteroatoms. The van der Waals surface area contributed by atoms with Gasteiger partial charge in [-0.1, -0.05) is 37.3 Å². The zero-order chi connectivity index (χ0) is 24.4. The van der Waals surface area contributed by atoms with Gasteiger partial charge in [-0.05, 0) is 61.6 Å². The number of rotatable bonds is 11. The van der Waals surface area contributed by atoms with Crippen LogP contribution in [0.4, 0.5) is 13.2 Å².